The molecule has 0 aliphatic heterocycles. The lowest BCUT2D eigenvalue weighted by atomic mass is 10.2. The molecule has 2 aromatic rings. The fraction of sp³-hybridized carbons (Fsp3) is 0.333. The summed E-state index contributed by atoms with van der Waals surface area (Å²) < 4.78 is 20.2. The molecule has 21 heavy (non-hydrogen) atoms. The lowest BCUT2D eigenvalue weighted by Crippen LogP contribution is -2.15. The van der Waals surface area contributed by atoms with Gasteiger partial charge in [-0.25, -0.2) is 4.39 Å². The fourth-order valence-electron chi connectivity index (χ4n) is 1.89. The predicted molar refractivity (Wildman–Crippen MR) is 77.8 cm³/mol. The maximum absolute atomic E-state index is 13.2. The van der Waals surface area contributed by atoms with Gasteiger partial charge in [-0.15, -0.1) is 0 Å². The molecule has 5 nitrogen and oxygen atoms in total. The van der Waals surface area contributed by atoms with Gasteiger partial charge in [0.25, 0.3) is 0 Å². The number of carbonyl (C=O) groups excluding carboxylic acids is 1. The van der Waals surface area contributed by atoms with E-state index < -0.39 is 5.82 Å². The van der Waals surface area contributed by atoms with Crippen molar-refractivity contribution in [3.63, 3.8) is 0 Å². The van der Waals surface area contributed by atoms with Crippen molar-refractivity contribution in [2.24, 2.45) is 0 Å². The maximum atomic E-state index is 13.2. The van der Waals surface area contributed by atoms with Crippen LogP contribution in [0.5, 0.6) is 5.75 Å². The van der Waals surface area contributed by atoms with Gasteiger partial charge in [0.15, 0.2) is 0 Å². The van der Waals surface area contributed by atoms with E-state index in [2.05, 4.69) is 10.4 Å². The van der Waals surface area contributed by atoms with Gasteiger partial charge in [0.05, 0.1) is 18.5 Å². The minimum atomic E-state index is -0.400. The first-order valence-electron chi connectivity index (χ1n) is 6.79. The van der Waals surface area contributed by atoms with Crippen LogP contribution in [-0.4, -0.2) is 22.3 Å². The third-order valence-corrected chi connectivity index (χ3v) is 2.85. The molecular formula is C15H18FN3O2. The first-order valence-corrected chi connectivity index (χ1v) is 6.79. The lowest BCUT2D eigenvalue weighted by Gasteiger charge is -2.11. The number of nitrogens with zero attached hydrogens (tertiary/aromatic N) is 2. The topological polar surface area (TPSA) is 56.1 Å². The van der Waals surface area contributed by atoms with Crippen LogP contribution >= 0.6 is 0 Å². The summed E-state index contributed by atoms with van der Waals surface area (Å²) in [6, 6.07) is 4.04. The number of amides is 1. The first-order chi connectivity index (χ1) is 10.1. The normalized spacial score (nSPS) is 10.4. The van der Waals surface area contributed by atoms with Crippen molar-refractivity contribution in [3.05, 3.63) is 42.0 Å². The van der Waals surface area contributed by atoms with Crippen molar-refractivity contribution in [1.29, 1.82) is 0 Å². The molecule has 0 saturated heterocycles. The smallest absolute Gasteiger partial charge is 0.226 e. The zero-order valence-electron chi connectivity index (χ0n) is 12.1. The second-order valence-corrected chi connectivity index (χ2v) is 4.65. The van der Waals surface area contributed by atoms with Crippen molar-refractivity contribution in [1.82, 2.24) is 9.78 Å². The molecule has 0 saturated carbocycles. The van der Waals surface area contributed by atoms with Crippen LogP contribution < -0.4 is 10.1 Å². The zero-order valence-corrected chi connectivity index (χ0v) is 12.1. The quantitative estimate of drug-likeness (QED) is 0.890. The summed E-state index contributed by atoms with van der Waals surface area (Å²) in [5.41, 5.74) is 1.52. The van der Waals surface area contributed by atoms with E-state index in [1.165, 1.54) is 18.2 Å². The third-order valence-electron chi connectivity index (χ3n) is 2.85. The number of anilines is 1. The van der Waals surface area contributed by atoms with Crippen LogP contribution in [0.25, 0.3) is 0 Å². The van der Waals surface area contributed by atoms with Crippen molar-refractivity contribution >= 4 is 11.6 Å². The van der Waals surface area contributed by atoms with Gasteiger partial charge in [-0.1, -0.05) is 0 Å². The highest BCUT2D eigenvalue weighted by atomic mass is 19.1. The van der Waals surface area contributed by atoms with Gasteiger partial charge in [-0.05, 0) is 31.5 Å². The Labute approximate surface area is 122 Å². The number of hydrogen-bond donors (Lipinski definition) is 1. The lowest BCUT2D eigenvalue weighted by molar-refractivity contribution is -0.116. The van der Waals surface area contributed by atoms with Gasteiger partial charge in [0, 0.05) is 25.2 Å². The summed E-state index contributed by atoms with van der Waals surface area (Å²) in [5.74, 6) is -0.236. The number of nitrogens with one attached hydrogen (secondary N) is 1. The van der Waals surface area contributed by atoms with Gasteiger partial charge in [-0.3, -0.25) is 9.48 Å². The van der Waals surface area contributed by atoms with Gasteiger partial charge in [0.1, 0.15) is 11.6 Å². The Kier molecular flexibility index (Phi) is 4.92. The number of hydrogen-bond acceptors (Lipinski definition) is 3. The van der Waals surface area contributed by atoms with E-state index in [4.69, 9.17) is 4.74 Å². The predicted octanol–water partition coefficient (Wildman–Crippen LogP) is 2.76. The van der Waals surface area contributed by atoms with Gasteiger partial charge in [0.2, 0.25) is 5.91 Å². The van der Waals surface area contributed by atoms with Gasteiger partial charge in [-0.2, -0.15) is 5.10 Å². The Balaban J connectivity index is 1.95. The second-order valence-electron chi connectivity index (χ2n) is 4.65. The molecule has 112 valence electrons. The number of rotatable bonds is 6. The monoisotopic (exact) mass is 291 g/mol. The molecule has 1 aromatic carbocycles. The number of carbonyl (C=O) groups is 1. The molecule has 0 fully saturated rings. The minimum absolute atomic E-state index is 0.171. The molecular weight excluding hydrogens is 273 g/mol. The minimum Gasteiger partial charge on any atom is -0.492 e. The number of aromatic nitrogens is 2. The van der Waals surface area contributed by atoms with E-state index in [0.717, 1.165) is 5.56 Å². The summed E-state index contributed by atoms with van der Waals surface area (Å²) in [6.07, 6.45) is 3.89. The van der Waals surface area contributed by atoms with E-state index in [-0.39, 0.29) is 12.3 Å². The number of benzene rings is 1. The molecule has 0 aliphatic rings. The Morgan fingerprint density at radius 2 is 2.29 bits per heavy atom. The van der Waals surface area contributed by atoms with Crippen molar-refractivity contribution in [2.45, 2.75) is 26.8 Å². The molecule has 1 aromatic heterocycles. The van der Waals surface area contributed by atoms with Crippen LogP contribution in [0.2, 0.25) is 0 Å². The highest BCUT2D eigenvalue weighted by molar-refractivity contribution is 5.92. The zero-order chi connectivity index (χ0) is 15.2. The van der Waals surface area contributed by atoms with Crippen LogP contribution in [0, 0.1) is 12.7 Å². The molecule has 6 heteroatoms. The highest BCUT2D eigenvalue weighted by Gasteiger charge is 2.09. The van der Waals surface area contributed by atoms with Gasteiger partial charge >= 0.3 is 0 Å². The average molecular weight is 291 g/mol. The number of aryl methyl sites for hydroxylation is 2. The maximum Gasteiger partial charge on any atom is 0.226 e. The van der Waals surface area contributed by atoms with Crippen LogP contribution in [0.3, 0.4) is 0 Å². The van der Waals surface area contributed by atoms with Gasteiger partial charge < -0.3 is 10.1 Å². The van der Waals surface area contributed by atoms with Crippen molar-refractivity contribution < 1.29 is 13.9 Å². The summed E-state index contributed by atoms with van der Waals surface area (Å²) in [4.78, 5) is 11.9. The molecule has 0 radical (unpaired) electrons. The molecule has 0 atom stereocenters. The Hall–Kier alpha value is -2.37. The van der Waals surface area contributed by atoms with Crippen LogP contribution in [0.15, 0.2) is 30.6 Å². The summed E-state index contributed by atoms with van der Waals surface area (Å²) in [7, 11) is 0. The molecule has 1 N–H and O–H groups in total. The summed E-state index contributed by atoms with van der Waals surface area (Å²) >= 11 is 0. The van der Waals surface area contributed by atoms with E-state index in [0.29, 0.717) is 24.6 Å². The second kappa shape index (κ2) is 6.88. The van der Waals surface area contributed by atoms with Crippen LogP contribution in [-0.2, 0) is 11.3 Å². The Bertz CT molecular complexity index is 625. The molecule has 2 rings (SSSR count). The SMILES string of the molecule is CCOc1cc(F)ccc1NC(=O)CCn1cc(C)cn1. The highest BCUT2D eigenvalue weighted by Crippen LogP contribution is 2.25. The number of halogens is 1. The van der Waals surface area contributed by atoms with E-state index in [1.54, 1.807) is 17.8 Å². The van der Waals surface area contributed by atoms with E-state index >= 15 is 0 Å². The van der Waals surface area contributed by atoms with Crippen molar-refractivity contribution in [2.75, 3.05) is 11.9 Å². The molecule has 0 spiro atoms. The third kappa shape index (κ3) is 4.30. The molecule has 0 aliphatic carbocycles. The average Bonchev–Trinajstić information content (AvgIpc) is 2.86. The van der Waals surface area contributed by atoms with E-state index in [1.807, 2.05) is 13.1 Å². The number of ether oxygens (including phenoxy) is 1. The Morgan fingerprint density at radius 1 is 1.48 bits per heavy atom. The van der Waals surface area contributed by atoms with Crippen LogP contribution in [0.1, 0.15) is 18.9 Å². The van der Waals surface area contributed by atoms with Crippen molar-refractivity contribution in [3.8, 4) is 5.75 Å². The fourth-order valence-corrected chi connectivity index (χ4v) is 1.89. The standard InChI is InChI=1S/C15H18FN3O2/c1-3-21-14-8-12(16)4-5-13(14)18-15(20)6-7-19-10-11(2)9-17-19/h4-5,8-10H,3,6-7H2,1-2H3,(H,18,20). The molecule has 0 bridgehead atoms. The summed E-state index contributed by atoms with van der Waals surface area (Å²) in [5, 5.41) is 6.84. The van der Waals surface area contributed by atoms with E-state index in [9.17, 15) is 9.18 Å². The summed E-state index contributed by atoms with van der Waals surface area (Å²) in [6.45, 7) is 4.64. The molecule has 1 amide bonds. The Morgan fingerprint density at radius 3 is 2.95 bits per heavy atom. The largest absolute Gasteiger partial charge is 0.492 e. The molecule has 1 heterocycles. The molecule has 0 unspecified atom stereocenters. The first kappa shape index (κ1) is 15.0. The van der Waals surface area contributed by atoms with Crippen LogP contribution in [0.4, 0.5) is 10.1 Å².